The summed E-state index contributed by atoms with van der Waals surface area (Å²) in [6, 6.07) is -0.784. The van der Waals surface area contributed by atoms with E-state index in [0.717, 1.165) is 51.4 Å². The molecule has 0 fully saturated rings. The summed E-state index contributed by atoms with van der Waals surface area (Å²) in [7, 11) is 1.29. The number of aliphatic hydroxyl groups is 1. The molecule has 0 aromatic carbocycles. The average molecular weight is 495 g/mol. The highest BCUT2D eigenvalue weighted by Crippen LogP contribution is 2.38. The lowest BCUT2D eigenvalue weighted by Crippen LogP contribution is -2.46. The predicted octanol–water partition coefficient (Wildman–Crippen LogP) is 4.15. The van der Waals surface area contributed by atoms with Crippen molar-refractivity contribution in [2.45, 2.75) is 109 Å². The number of likely N-dealkylation sites (N-methyl/N-ethyl adjacent to an activating group) is 1. The molecular weight excluding hydrogens is 443 g/mol. The van der Waals surface area contributed by atoms with E-state index in [9.17, 15) is 19.4 Å². The Morgan fingerprint density at radius 2 is 1.48 bits per heavy atom. The normalized spacial score (nSPS) is 15.7. The number of amides is 1. The maximum absolute atomic E-state index is 12.4. The molecular formula is C24H51N2O6P. The Bertz CT molecular complexity index is 542. The zero-order valence-electron chi connectivity index (χ0n) is 21.9. The van der Waals surface area contributed by atoms with Crippen LogP contribution in [0.3, 0.4) is 0 Å². The monoisotopic (exact) mass is 494 g/mol. The van der Waals surface area contributed by atoms with Crippen LogP contribution < -0.4 is 10.2 Å². The fourth-order valence-corrected chi connectivity index (χ4v) is 4.11. The van der Waals surface area contributed by atoms with Crippen molar-refractivity contribution in [1.82, 2.24) is 5.32 Å². The molecule has 0 bridgehead atoms. The van der Waals surface area contributed by atoms with Crippen LogP contribution in [0.5, 0.6) is 0 Å². The van der Waals surface area contributed by atoms with Gasteiger partial charge in [-0.05, 0) is 12.8 Å². The molecule has 0 aliphatic rings. The zero-order chi connectivity index (χ0) is 25.2. The van der Waals surface area contributed by atoms with Gasteiger partial charge in [0.25, 0.3) is 7.82 Å². The molecule has 0 aliphatic carbocycles. The maximum atomic E-state index is 12.4. The number of unbranched alkanes of at least 4 members (excludes halogenated alkanes) is 9. The minimum atomic E-state index is -4.52. The van der Waals surface area contributed by atoms with E-state index < -0.39 is 20.0 Å². The van der Waals surface area contributed by atoms with E-state index in [-0.39, 0.29) is 19.1 Å². The fraction of sp³-hybridized carbons (Fsp3) is 0.958. The van der Waals surface area contributed by atoms with Crippen LogP contribution in [0.1, 0.15) is 97.3 Å². The number of quaternary nitrogens is 1. The van der Waals surface area contributed by atoms with Gasteiger partial charge in [-0.25, -0.2) is 0 Å². The molecule has 1 amide bonds. The van der Waals surface area contributed by atoms with E-state index in [1.54, 1.807) is 0 Å². The maximum Gasteiger partial charge on any atom is 0.268 e. The summed E-state index contributed by atoms with van der Waals surface area (Å²) >= 11 is 0. The number of phosphoric acid groups is 1. The smallest absolute Gasteiger partial charge is 0.268 e. The van der Waals surface area contributed by atoms with Crippen LogP contribution in [0.4, 0.5) is 0 Å². The van der Waals surface area contributed by atoms with E-state index in [4.69, 9.17) is 9.05 Å². The van der Waals surface area contributed by atoms with Gasteiger partial charge in [0.15, 0.2) is 0 Å². The van der Waals surface area contributed by atoms with Gasteiger partial charge in [-0.2, -0.15) is 0 Å². The van der Waals surface area contributed by atoms with Crippen LogP contribution in [0.15, 0.2) is 0 Å². The molecule has 0 spiro atoms. The van der Waals surface area contributed by atoms with E-state index in [1.165, 1.54) is 19.3 Å². The molecule has 0 aliphatic heterocycles. The quantitative estimate of drug-likeness (QED) is 0.133. The molecule has 0 rings (SSSR count). The summed E-state index contributed by atoms with van der Waals surface area (Å²) in [6.45, 7) is 4.50. The number of aliphatic hydroxyl groups excluding tert-OH is 1. The van der Waals surface area contributed by atoms with Crippen molar-refractivity contribution >= 4 is 13.7 Å². The molecule has 3 atom stereocenters. The van der Waals surface area contributed by atoms with Crippen LogP contribution in [0.25, 0.3) is 0 Å². The number of phosphoric ester groups is 1. The van der Waals surface area contributed by atoms with Crippen LogP contribution in [-0.4, -0.2) is 68.5 Å². The Balaban J connectivity index is 4.67. The van der Waals surface area contributed by atoms with Crippen molar-refractivity contribution < 1.29 is 32.9 Å². The predicted molar refractivity (Wildman–Crippen MR) is 132 cm³/mol. The Labute approximate surface area is 202 Å². The van der Waals surface area contributed by atoms with E-state index >= 15 is 0 Å². The highest BCUT2D eigenvalue weighted by atomic mass is 31.2. The standard InChI is InChI=1S/C24H51N2O6P/c1-6-8-10-12-14-15-17-23(27)22(25-24(28)18-16-13-11-9-7-2)21-32-33(29,30)31-20-19-26(3,4)5/h22-23,27H,6-21H2,1-5H3,(H-,25,28,29,30). The first kappa shape index (κ1) is 32.5. The van der Waals surface area contributed by atoms with Gasteiger partial charge in [-0.15, -0.1) is 0 Å². The van der Waals surface area contributed by atoms with Crippen LogP contribution in [0, 0.1) is 0 Å². The number of hydrogen-bond donors (Lipinski definition) is 2. The van der Waals surface area contributed by atoms with Crippen LogP contribution in [0.2, 0.25) is 0 Å². The second-order valence-corrected chi connectivity index (χ2v) is 11.5. The number of carbonyl (C=O) groups is 1. The third-order valence-corrected chi connectivity index (χ3v) is 6.56. The topological polar surface area (TPSA) is 108 Å². The number of carbonyl (C=O) groups excluding carboxylic acids is 1. The van der Waals surface area contributed by atoms with Crippen molar-refractivity contribution in [1.29, 1.82) is 0 Å². The Hall–Kier alpha value is -0.500. The van der Waals surface area contributed by atoms with Gasteiger partial charge >= 0.3 is 0 Å². The molecule has 8 nitrogen and oxygen atoms in total. The molecule has 0 heterocycles. The minimum Gasteiger partial charge on any atom is -0.756 e. The largest absolute Gasteiger partial charge is 0.756 e. The second-order valence-electron chi connectivity index (χ2n) is 10.1. The lowest BCUT2D eigenvalue weighted by molar-refractivity contribution is -0.870. The summed E-state index contributed by atoms with van der Waals surface area (Å²) in [5.74, 6) is -0.186. The highest BCUT2D eigenvalue weighted by molar-refractivity contribution is 7.45. The van der Waals surface area contributed by atoms with Crippen LogP contribution in [-0.2, 0) is 18.4 Å². The van der Waals surface area contributed by atoms with Crippen molar-refractivity contribution in [3.05, 3.63) is 0 Å². The number of rotatable bonds is 22. The molecule has 0 radical (unpaired) electrons. The first-order chi connectivity index (χ1) is 15.5. The van der Waals surface area contributed by atoms with Gasteiger partial charge in [-0.3, -0.25) is 9.36 Å². The molecule has 3 unspecified atom stereocenters. The molecule has 0 aromatic heterocycles. The SMILES string of the molecule is CCCCCCCCC(O)C(COP(=O)([O-])OCC[N+](C)(C)C)NC(=O)CCCCCCC. The van der Waals surface area contributed by atoms with Gasteiger partial charge in [0.1, 0.15) is 13.2 Å². The van der Waals surface area contributed by atoms with E-state index in [2.05, 4.69) is 19.2 Å². The summed E-state index contributed by atoms with van der Waals surface area (Å²) < 4.78 is 22.7. The first-order valence-corrected chi connectivity index (χ1v) is 14.3. The van der Waals surface area contributed by atoms with Crippen molar-refractivity contribution in [2.24, 2.45) is 0 Å². The molecule has 0 saturated heterocycles. The number of hydrogen-bond acceptors (Lipinski definition) is 6. The Morgan fingerprint density at radius 1 is 0.939 bits per heavy atom. The third-order valence-electron chi connectivity index (χ3n) is 5.60. The van der Waals surface area contributed by atoms with Crippen molar-refractivity contribution in [3.63, 3.8) is 0 Å². The van der Waals surface area contributed by atoms with E-state index in [0.29, 0.717) is 23.9 Å². The molecule has 198 valence electrons. The number of nitrogens with one attached hydrogen (secondary N) is 1. The fourth-order valence-electron chi connectivity index (χ4n) is 3.39. The first-order valence-electron chi connectivity index (χ1n) is 12.9. The van der Waals surface area contributed by atoms with Crippen molar-refractivity contribution in [3.8, 4) is 0 Å². The van der Waals surface area contributed by atoms with Crippen LogP contribution >= 0.6 is 7.82 Å². The summed E-state index contributed by atoms with van der Waals surface area (Å²) in [5.41, 5.74) is 0. The average Bonchev–Trinajstić information content (AvgIpc) is 2.72. The molecule has 2 N–H and O–H groups in total. The van der Waals surface area contributed by atoms with Gasteiger partial charge in [-0.1, -0.05) is 78.1 Å². The Morgan fingerprint density at radius 3 is 2.06 bits per heavy atom. The van der Waals surface area contributed by atoms with Gasteiger partial charge < -0.3 is 28.8 Å². The second kappa shape index (κ2) is 18.8. The summed E-state index contributed by atoms with van der Waals surface area (Å²) in [4.78, 5) is 24.5. The lowest BCUT2D eigenvalue weighted by Gasteiger charge is -2.30. The van der Waals surface area contributed by atoms with Gasteiger partial charge in [0.05, 0.1) is 39.9 Å². The highest BCUT2D eigenvalue weighted by Gasteiger charge is 2.24. The molecule has 33 heavy (non-hydrogen) atoms. The van der Waals surface area contributed by atoms with E-state index in [1.807, 2.05) is 21.1 Å². The summed E-state index contributed by atoms with van der Waals surface area (Å²) in [5, 5.41) is 13.4. The zero-order valence-corrected chi connectivity index (χ0v) is 22.7. The lowest BCUT2D eigenvalue weighted by atomic mass is 10.0. The number of nitrogens with zero attached hydrogens (tertiary/aromatic N) is 1. The summed E-state index contributed by atoms with van der Waals surface area (Å²) in [6.07, 6.45) is 11.6. The third kappa shape index (κ3) is 20.6. The molecule has 9 heteroatoms. The Kier molecular flexibility index (Phi) is 18.5. The van der Waals surface area contributed by atoms with Gasteiger partial charge in [0.2, 0.25) is 5.91 Å². The van der Waals surface area contributed by atoms with Gasteiger partial charge in [0, 0.05) is 6.42 Å². The molecule has 0 aromatic rings. The minimum absolute atomic E-state index is 0.0133. The van der Waals surface area contributed by atoms with Crippen molar-refractivity contribution in [2.75, 3.05) is 40.9 Å². The molecule has 0 saturated carbocycles.